The first-order valence-corrected chi connectivity index (χ1v) is 2.64. The number of nitrogens with two attached hydrogens (primary N) is 1. The molecule has 0 unspecified atom stereocenters. The SMILES string of the molecule is Nc1ccc(=S)[nH]c1. The number of hydrogen-bond acceptors (Lipinski definition) is 2. The summed E-state index contributed by atoms with van der Waals surface area (Å²) < 4.78 is 0.708. The minimum atomic E-state index is 0.707. The molecule has 1 aromatic heterocycles. The van der Waals surface area contributed by atoms with Crippen molar-refractivity contribution in [3.05, 3.63) is 23.0 Å². The van der Waals surface area contributed by atoms with Crippen LogP contribution in [0.25, 0.3) is 0 Å². The highest BCUT2D eigenvalue weighted by molar-refractivity contribution is 7.71. The zero-order valence-electron chi connectivity index (χ0n) is 4.22. The van der Waals surface area contributed by atoms with Crippen LogP contribution in [0.2, 0.25) is 0 Å². The molecule has 0 radical (unpaired) electrons. The lowest BCUT2D eigenvalue weighted by molar-refractivity contribution is 1.30. The lowest BCUT2D eigenvalue weighted by Gasteiger charge is -1.86. The number of hydrogen-bond donors (Lipinski definition) is 2. The van der Waals surface area contributed by atoms with Crippen LogP contribution in [0.1, 0.15) is 0 Å². The second-order valence-corrected chi connectivity index (χ2v) is 1.93. The Bertz CT molecular complexity index is 208. The summed E-state index contributed by atoms with van der Waals surface area (Å²) in [5.41, 5.74) is 6.06. The number of rotatable bonds is 0. The molecule has 0 bridgehead atoms. The van der Waals surface area contributed by atoms with Gasteiger partial charge in [-0.15, -0.1) is 0 Å². The number of H-pyrrole nitrogens is 1. The van der Waals surface area contributed by atoms with Crippen molar-refractivity contribution < 1.29 is 0 Å². The van der Waals surface area contributed by atoms with E-state index >= 15 is 0 Å². The fourth-order valence-corrected chi connectivity index (χ4v) is 0.550. The van der Waals surface area contributed by atoms with Crippen molar-refractivity contribution in [3.63, 3.8) is 0 Å². The van der Waals surface area contributed by atoms with Gasteiger partial charge in [0, 0.05) is 11.9 Å². The van der Waals surface area contributed by atoms with Crippen LogP contribution in [0.5, 0.6) is 0 Å². The molecule has 1 rings (SSSR count). The number of nitrogen functional groups attached to an aromatic ring is 1. The predicted molar refractivity (Wildman–Crippen MR) is 36.0 cm³/mol. The molecule has 0 saturated carbocycles. The van der Waals surface area contributed by atoms with E-state index < -0.39 is 0 Å². The van der Waals surface area contributed by atoms with E-state index in [1.165, 1.54) is 0 Å². The molecule has 0 aromatic carbocycles. The van der Waals surface area contributed by atoms with Crippen molar-refractivity contribution in [2.45, 2.75) is 0 Å². The van der Waals surface area contributed by atoms with Crippen molar-refractivity contribution in [3.8, 4) is 0 Å². The molecule has 0 aliphatic rings. The fourth-order valence-electron chi connectivity index (χ4n) is 0.423. The first-order valence-electron chi connectivity index (χ1n) is 2.23. The Kier molecular flexibility index (Phi) is 1.30. The van der Waals surface area contributed by atoms with Crippen molar-refractivity contribution >= 4 is 17.9 Å². The Balaban J connectivity index is 3.22. The summed E-state index contributed by atoms with van der Waals surface area (Å²) in [6.45, 7) is 0. The van der Waals surface area contributed by atoms with Gasteiger partial charge in [-0.25, -0.2) is 0 Å². The van der Waals surface area contributed by atoms with Crippen LogP contribution >= 0.6 is 12.2 Å². The molecule has 42 valence electrons. The highest BCUT2D eigenvalue weighted by Crippen LogP contribution is 1.94. The number of anilines is 1. The first-order chi connectivity index (χ1) is 3.79. The van der Waals surface area contributed by atoms with E-state index in [-0.39, 0.29) is 0 Å². The van der Waals surface area contributed by atoms with E-state index in [0.29, 0.717) is 10.3 Å². The van der Waals surface area contributed by atoms with Gasteiger partial charge >= 0.3 is 0 Å². The van der Waals surface area contributed by atoms with Crippen LogP contribution in [0, 0.1) is 4.64 Å². The Morgan fingerprint density at radius 3 is 2.62 bits per heavy atom. The quantitative estimate of drug-likeness (QED) is 0.515. The number of nitrogens with one attached hydrogen (secondary N) is 1. The summed E-state index contributed by atoms with van der Waals surface area (Å²) >= 11 is 4.76. The second kappa shape index (κ2) is 1.96. The zero-order valence-corrected chi connectivity index (χ0v) is 5.03. The van der Waals surface area contributed by atoms with Gasteiger partial charge in [-0.05, 0) is 12.1 Å². The van der Waals surface area contributed by atoms with Gasteiger partial charge in [0.1, 0.15) is 4.64 Å². The molecule has 0 spiro atoms. The van der Waals surface area contributed by atoms with Crippen LogP contribution in [0.3, 0.4) is 0 Å². The Morgan fingerprint density at radius 1 is 1.50 bits per heavy atom. The van der Waals surface area contributed by atoms with E-state index in [0.717, 1.165) is 0 Å². The Morgan fingerprint density at radius 2 is 2.25 bits per heavy atom. The summed E-state index contributed by atoms with van der Waals surface area (Å²) in [6, 6.07) is 3.52. The summed E-state index contributed by atoms with van der Waals surface area (Å²) in [7, 11) is 0. The van der Waals surface area contributed by atoms with Crippen molar-refractivity contribution in [2.24, 2.45) is 0 Å². The van der Waals surface area contributed by atoms with Crippen molar-refractivity contribution in [1.82, 2.24) is 4.98 Å². The van der Waals surface area contributed by atoms with Gasteiger partial charge in [0.2, 0.25) is 0 Å². The van der Waals surface area contributed by atoms with Crippen molar-refractivity contribution in [2.75, 3.05) is 5.73 Å². The topological polar surface area (TPSA) is 41.8 Å². The third-order valence-electron chi connectivity index (χ3n) is 0.808. The number of pyridine rings is 1. The molecule has 0 aliphatic heterocycles. The highest BCUT2D eigenvalue weighted by Gasteiger charge is 1.76. The smallest absolute Gasteiger partial charge is 0.103 e. The molecule has 0 fully saturated rings. The van der Waals surface area contributed by atoms with Gasteiger partial charge in [-0.1, -0.05) is 12.2 Å². The van der Waals surface area contributed by atoms with Gasteiger partial charge in [0.05, 0.1) is 0 Å². The second-order valence-electron chi connectivity index (χ2n) is 1.49. The number of aromatic amines is 1. The van der Waals surface area contributed by atoms with Crippen LogP contribution in [0.15, 0.2) is 18.3 Å². The summed E-state index contributed by atoms with van der Waals surface area (Å²) in [5.74, 6) is 0. The normalized spacial score (nSPS) is 9.00. The van der Waals surface area contributed by atoms with Crippen molar-refractivity contribution in [1.29, 1.82) is 0 Å². The third kappa shape index (κ3) is 1.07. The summed E-state index contributed by atoms with van der Waals surface area (Å²) in [5, 5.41) is 0. The average molecular weight is 126 g/mol. The fraction of sp³-hybridized carbons (Fsp3) is 0. The van der Waals surface area contributed by atoms with E-state index in [1.807, 2.05) is 0 Å². The summed E-state index contributed by atoms with van der Waals surface area (Å²) in [6.07, 6.45) is 1.67. The molecule has 8 heavy (non-hydrogen) atoms. The first kappa shape index (κ1) is 5.31. The van der Waals surface area contributed by atoms with E-state index in [2.05, 4.69) is 4.98 Å². The molecule has 2 nitrogen and oxygen atoms in total. The number of aromatic nitrogens is 1. The minimum Gasteiger partial charge on any atom is -0.398 e. The summed E-state index contributed by atoms with van der Waals surface area (Å²) in [4.78, 5) is 2.79. The van der Waals surface area contributed by atoms with E-state index in [4.69, 9.17) is 18.0 Å². The molecule has 0 atom stereocenters. The van der Waals surface area contributed by atoms with Crippen LogP contribution in [0.4, 0.5) is 5.69 Å². The van der Waals surface area contributed by atoms with Crippen LogP contribution in [-0.4, -0.2) is 4.98 Å². The van der Waals surface area contributed by atoms with Crippen LogP contribution in [-0.2, 0) is 0 Å². The molecule has 0 aliphatic carbocycles. The molecule has 0 saturated heterocycles. The van der Waals surface area contributed by atoms with Gasteiger partial charge in [-0.3, -0.25) is 0 Å². The maximum absolute atomic E-state index is 5.35. The van der Waals surface area contributed by atoms with E-state index in [9.17, 15) is 0 Å². The van der Waals surface area contributed by atoms with E-state index in [1.54, 1.807) is 18.3 Å². The van der Waals surface area contributed by atoms with Crippen LogP contribution < -0.4 is 5.73 Å². The molecule has 1 heterocycles. The molecule has 3 N–H and O–H groups in total. The van der Waals surface area contributed by atoms with Gasteiger partial charge in [-0.2, -0.15) is 0 Å². The maximum Gasteiger partial charge on any atom is 0.103 e. The van der Waals surface area contributed by atoms with Gasteiger partial charge in [0.25, 0.3) is 0 Å². The molecule has 0 amide bonds. The Labute approximate surface area is 52.3 Å². The zero-order chi connectivity index (χ0) is 5.98. The maximum atomic E-state index is 5.35. The lowest BCUT2D eigenvalue weighted by atomic mass is 10.4. The Hall–Kier alpha value is -0.830. The van der Waals surface area contributed by atoms with Gasteiger partial charge in [0.15, 0.2) is 0 Å². The molecule has 1 aromatic rings. The standard InChI is InChI=1S/C5H6N2S/c6-4-1-2-5(8)7-3-4/h1-3H,6H2,(H,7,8). The average Bonchev–Trinajstić information content (AvgIpc) is 1.77. The molecular formula is C5H6N2S. The highest BCUT2D eigenvalue weighted by atomic mass is 32.1. The monoisotopic (exact) mass is 126 g/mol. The largest absolute Gasteiger partial charge is 0.398 e. The molecular weight excluding hydrogens is 120 g/mol. The lowest BCUT2D eigenvalue weighted by Crippen LogP contribution is -1.83. The third-order valence-corrected chi connectivity index (χ3v) is 1.06. The minimum absolute atomic E-state index is 0.707. The van der Waals surface area contributed by atoms with Gasteiger partial charge < -0.3 is 10.7 Å². The molecule has 3 heteroatoms. The predicted octanol–water partition coefficient (Wildman–Crippen LogP) is 1.33.